The van der Waals surface area contributed by atoms with Gasteiger partial charge in [-0.05, 0) is 25.7 Å². The first kappa shape index (κ1) is 38.8. The molecule has 1 amide bonds. The Balaban J connectivity index is 4.35. The summed E-state index contributed by atoms with van der Waals surface area (Å²) in [6.45, 7) is 5.06. The smallest absolute Gasteiger partial charge is 0.220 e. The van der Waals surface area contributed by atoms with Crippen LogP contribution in [0.15, 0.2) is 0 Å². The molecular formula is C32H62N2O5P+. The molecule has 0 spiro atoms. The van der Waals surface area contributed by atoms with Crippen LogP contribution >= 0.6 is 8.15 Å². The molecule has 0 aliphatic rings. The van der Waals surface area contributed by atoms with Gasteiger partial charge in [-0.25, -0.2) is 0 Å². The second-order valence-corrected chi connectivity index (χ2v) is 14.1. The number of Topliss-reactive ketones (excluding diaryl/α,β-unsaturated/α-hetero) is 1. The molecule has 0 rings (SSSR count). The van der Waals surface area contributed by atoms with E-state index >= 15 is 0 Å². The SMILES string of the molecule is CCCCCCCCCCCCCCCC(=O)CC(CC(=O)P(O)C(=O)CCCC[N+](C)(C)C)NC(=O)CCC. The van der Waals surface area contributed by atoms with Gasteiger partial charge in [0.1, 0.15) is 5.78 Å². The molecule has 7 nitrogen and oxygen atoms in total. The maximum Gasteiger partial charge on any atom is 0.220 e. The molecule has 0 fully saturated rings. The minimum absolute atomic E-state index is 0.0200. The number of carbonyl (C=O) groups excluding carboxylic acids is 4. The summed E-state index contributed by atoms with van der Waals surface area (Å²) in [6.07, 6.45) is 19.1. The number of nitrogens with one attached hydrogen (secondary N) is 1. The number of hydrogen-bond donors (Lipinski definition) is 2. The van der Waals surface area contributed by atoms with Gasteiger partial charge in [-0.15, -0.1) is 0 Å². The summed E-state index contributed by atoms with van der Waals surface area (Å²) < 4.78 is 0.799. The number of amides is 1. The number of unbranched alkanes of at least 4 members (excludes halogenated alkanes) is 13. The van der Waals surface area contributed by atoms with E-state index in [2.05, 4.69) is 33.4 Å². The number of quaternary nitrogens is 1. The molecule has 234 valence electrons. The molecule has 2 N–H and O–H groups in total. The number of ketones is 1. The van der Waals surface area contributed by atoms with E-state index in [4.69, 9.17) is 0 Å². The van der Waals surface area contributed by atoms with Crippen molar-refractivity contribution < 1.29 is 28.6 Å². The quantitative estimate of drug-likeness (QED) is 0.0565. The molecule has 0 heterocycles. The molecule has 0 aromatic rings. The fourth-order valence-corrected chi connectivity index (χ4v) is 5.86. The minimum Gasteiger partial charge on any atom is -0.360 e. The van der Waals surface area contributed by atoms with Crippen LogP contribution in [0.1, 0.15) is 149 Å². The predicted molar refractivity (Wildman–Crippen MR) is 167 cm³/mol. The molecule has 40 heavy (non-hydrogen) atoms. The van der Waals surface area contributed by atoms with Gasteiger partial charge in [-0.2, -0.15) is 0 Å². The molecule has 0 aliphatic carbocycles. The fraction of sp³-hybridized carbons (Fsp3) is 0.875. The molecule has 0 saturated carbocycles. The van der Waals surface area contributed by atoms with Crippen LogP contribution in [0.5, 0.6) is 0 Å². The van der Waals surface area contributed by atoms with Crippen molar-refractivity contribution in [1.29, 1.82) is 0 Å². The van der Waals surface area contributed by atoms with Crippen molar-refractivity contribution >= 4 is 30.9 Å². The van der Waals surface area contributed by atoms with E-state index in [0.717, 1.165) is 36.7 Å². The average Bonchev–Trinajstić information content (AvgIpc) is 2.88. The Morgan fingerprint density at radius 2 is 1.12 bits per heavy atom. The third-order valence-corrected chi connectivity index (χ3v) is 8.59. The minimum atomic E-state index is -2.41. The van der Waals surface area contributed by atoms with Crippen LogP contribution < -0.4 is 5.32 Å². The van der Waals surface area contributed by atoms with Crippen molar-refractivity contribution in [2.75, 3.05) is 27.7 Å². The van der Waals surface area contributed by atoms with Crippen LogP contribution in [-0.4, -0.2) is 65.8 Å². The molecule has 8 heteroatoms. The van der Waals surface area contributed by atoms with Crippen molar-refractivity contribution in [3.05, 3.63) is 0 Å². The molecule has 0 aromatic heterocycles. The van der Waals surface area contributed by atoms with Gasteiger partial charge >= 0.3 is 0 Å². The Morgan fingerprint density at radius 1 is 0.625 bits per heavy atom. The molecule has 2 unspecified atom stereocenters. The fourth-order valence-electron chi connectivity index (χ4n) is 4.82. The summed E-state index contributed by atoms with van der Waals surface area (Å²) in [5, 5.41) is 2.80. The Labute approximate surface area is 247 Å². The Hall–Kier alpha value is -1.17. The van der Waals surface area contributed by atoms with Crippen LogP contribution in [0.25, 0.3) is 0 Å². The van der Waals surface area contributed by atoms with E-state index in [9.17, 15) is 24.1 Å². The standard InChI is InChI=1S/C32H61N2O5P/c1-6-8-9-10-11-12-13-14-15-16-17-18-19-23-29(35)26-28(33-30(36)22-7-2)27-32(38)40(39)31(37)24-20-21-25-34(3,4)5/h28,39H,6-27H2,1-5H3/p+1. The van der Waals surface area contributed by atoms with Gasteiger partial charge in [-0.3, -0.25) is 19.2 Å². The highest BCUT2D eigenvalue weighted by molar-refractivity contribution is 7.84. The lowest BCUT2D eigenvalue weighted by Gasteiger charge is -2.23. The van der Waals surface area contributed by atoms with Crippen LogP contribution in [0.2, 0.25) is 0 Å². The summed E-state index contributed by atoms with van der Waals surface area (Å²) in [5.41, 5.74) is -0.972. The van der Waals surface area contributed by atoms with Crippen molar-refractivity contribution in [3.8, 4) is 0 Å². The summed E-state index contributed by atoms with van der Waals surface area (Å²) in [4.78, 5) is 60.3. The number of hydrogen-bond acceptors (Lipinski definition) is 5. The first-order valence-corrected chi connectivity index (χ1v) is 17.5. The summed E-state index contributed by atoms with van der Waals surface area (Å²) in [7, 11) is 3.83. The number of rotatable bonds is 28. The van der Waals surface area contributed by atoms with Gasteiger partial charge in [0.2, 0.25) is 5.91 Å². The highest BCUT2D eigenvalue weighted by Crippen LogP contribution is 2.36. The van der Waals surface area contributed by atoms with Gasteiger partial charge in [0, 0.05) is 38.1 Å². The maximum absolute atomic E-state index is 12.7. The zero-order valence-electron chi connectivity index (χ0n) is 26.6. The largest absolute Gasteiger partial charge is 0.360 e. The first-order chi connectivity index (χ1) is 19.0. The van der Waals surface area contributed by atoms with E-state index in [-0.39, 0.29) is 31.0 Å². The normalized spacial score (nSPS) is 13.2. The van der Waals surface area contributed by atoms with Gasteiger partial charge in [0.05, 0.1) is 27.7 Å². The van der Waals surface area contributed by atoms with Crippen molar-refractivity contribution in [2.45, 2.75) is 155 Å². The van der Waals surface area contributed by atoms with Gasteiger partial charge in [0.25, 0.3) is 0 Å². The first-order valence-electron chi connectivity index (χ1n) is 16.2. The van der Waals surface area contributed by atoms with Crippen molar-refractivity contribution in [2.24, 2.45) is 0 Å². The van der Waals surface area contributed by atoms with Crippen LogP contribution in [0, 0.1) is 0 Å². The second kappa shape index (κ2) is 24.4. The third kappa shape index (κ3) is 23.5. The molecule has 0 aliphatic heterocycles. The molecular weight excluding hydrogens is 523 g/mol. The number of carbonyl (C=O) groups is 4. The van der Waals surface area contributed by atoms with Crippen LogP contribution in [0.4, 0.5) is 0 Å². The van der Waals surface area contributed by atoms with Crippen LogP contribution in [-0.2, 0) is 19.2 Å². The Bertz CT molecular complexity index is 708. The van der Waals surface area contributed by atoms with Gasteiger partial charge in [-0.1, -0.05) is 90.9 Å². The van der Waals surface area contributed by atoms with Crippen molar-refractivity contribution in [1.82, 2.24) is 5.32 Å². The van der Waals surface area contributed by atoms with Crippen LogP contribution in [0.3, 0.4) is 0 Å². The lowest BCUT2D eigenvalue weighted by molar-refractivity contribution is -0.870. The monoisotopic (exact) mass is 585 g/mol. The molecule has 2 atom stereocenters. The molecule has 0 aromatic carbocycles. The second-order valence-electron chi connectivity index (χ2n) is 12.5. The molecule has 0 radical (unpaired) electrons. The average molecular weight is 586 g/mol. The molecule has 0 bridgehead atoms. The highest BCUT2D eigenvalue weighted by atomic mass is 31.1. The van der Waals surface area contributed by atoms with E-state index in [1.807, 2.05) is 6.92 Å². The lowest BCUT2D eigenvalue weighted by Crippen LogP contribution is -2.38. The lowest BCUT2D eigenvalue weighted by atomic mass is 10.0. The number of nitrogens with zero attached hydrogens (tertiary/aromatic N) is 1. The summed E-state index contributed by atoms with van der Waals surface area (Å²) in [6, 6.07) is -0.663. The van der Waals surface area contributed by atoms with E-state index < -0.39 is 25.2 Å². The van der Waals surface area contributed by atoms with E-state index in [0.29, 0.717) is 25.7 Å². The Morgan fingerprint density at radius 3 is 1.62 bits per heavy atom. The zero-order chi connectivity index (χ0) is 30.2. The molecule has 0 saturated heterocycles. The highest BCUT2D eigenvalue weighted by Gasteiger charge is 2.28. The van der Waals surface area contributed by atoms with Gasteiger partial charge in [0.15, 0.2) is 19.2 Å². The summed E-state index contributed by atoms with van der Waals surface area (Å²) >= 11 is 0. The topological polar surface area (TPSA) is 101 Å². The zero-order valence-corrected chi connectivity index (χ0v) is 27.5. The van der Waals surface area contributed by atoms with Crippen molar-refractivity contribution in [3.63, 3.8) is 0 Å². The van der Waals surface area contributed by atoms with Gasteiger partial charge < -0.3 is 14.7 Å². The Kier molecular flexibility index (Phi) is 23.7. The predicted octanol–water partition coefficient (Wildman–Crippen LogP) is 7.42. The third-order valence-electron chi connectivity index (χ3n) is 7.24. The van der Waals surface area contributed by atoms with E-state index in [1.54, 1.807) is 0 Å². The summed E-state index contributed by atoms with van der Waals surface area (Å²) in [5.74, 6) is -0.186. The van der Waals surface area contributed by atoms with E-state index in [1.165, 1.54) is 64.2 Å². The maximum atomic E-state index is 12.7.